The Morgan fingerprint density at radius 3 is 2.41 bits per heavy atom. The minimum Gasteiger partial charge on any atom is -0.461 e. The Morgan fingerprint density at radius 1 is 1.32 bits per heavy atom. The van der Waals surface area contributed by atoms with Gasteiger partial charge >= 0.3 is 13.1 Å². The fourth-order valence-electron chi connectivity index (χ4n) is 2.68. The molecule has 1 N–H and O–H groups in total. The van der Waals surface area contributed by atoms with Gasteiger partial charge in [0.2, 0.25) is 0 Å². The highest BCUT2D eigenvalue weighted by molar-refractivity contribution is 6.61. The lowest BCUT2D eigenvalue weighted by atomic mass is 9.84. The predicted molar refractivity (Wildman–Crippen MR) is 84.4 cm³/mol. The Kier molecular flexibility index (Phi) is 3.65. The number of carbonyl (C=O) groups excluding carboxylic acids is 1. The summed E-state index contributed by atoms with van der Waals surface area (Å²) in [7, 11) is -0.481. The molecular weight excluding hydrogens is 281 g/mol. The summed E-state index contributed by atoms with van der Waals surface area (Å²) >= 11 is 0. The van der Waals surface area contributed by atoms with Crippen molar-refractivity contribution in [1.29, 1.82) is 0 Å². The first-order valence-electron chi connectivity index (χ1n) is 8.00. The molecule has 2 fully saturated rings. The molecule has 3 rings (SSSR count). The van der Waals surface area contributed by atoms with E-state index in [1.54, 1.807) is 0 Å². The van der Waals surface area contributed by atoms with Crippen molar-refractivity contribution in [2.24, 2.45) is 0 Å². The number of rotatable bonds is 4. The van der Waals surface area contributed by atoms with Gasteiger partial charge in [-0.15, -0.1) is 0 Å². The van der Waals surface area contributed by atoms with Crippen LogP contribution in [-0.2, 0) is 14.0 Å². The Labute approximate surface area is 131 Å². The van der Waals surface area contributed by atoms with Crippen molar-refractivity contribution in [3.63, 3.8) is 0 Å². The fraction of sp³-hybridized carbons (Fsp3) is 0.688. The minimum absolute atomic E-state index is 0.299. The molecule has 1 saturated carbocycles. The number of aromatic amines is 1. The molecule has 0 radical (unpaired) electrons. The molecule has 1 aromatic heterocycles. The number of ether oxygens (including phenoxy) is 1. The number of esters is 1. The highest BCUT2D eigenvalue weighted by atomic mass is 16.7. The predicted octanol–water partition coefficient (Wildman–Crippen LogP) is 2.37. The summed E-state index contributed by atoms with van der Waals surface area (Å²) in [5, 5.41) is 0. The van der Waals surface area contributed by atoms with Crippen molar-refractivity contribution in [3.05, 3.63) is 17.3 Å². The summed E-state index contributed by atoms with van der Waals surface area (Å²) in [6.07, 6.45) is 2.24. The number of carbonyl (C=O) groups is 1. The standard InChI is InChI=1S/C16H24BNO4/c1-6-20-14(19)13-11(10-7-8-10)9-12(18-13)17-21-15(2,3)16(4,5)22-17/h9-10,18H,6-8H2,1-5H3. The van der Waals surface area contributed by atoms with E-state index in [0.29, 0.717) is 18.2 Å². The molecule has 0 aromatic carbocycles. The first kappa shape index (κ1) is 15.6. The largest absolute Gasteiger partial charge is 0.512 e. The highest BCUT2D eigenvalue weighted by Crippen LogP contribution is 2.42. The topological polar surface area (TPSA) is 60.6 Å². The van der Waals surface area contributed by atoms with Gasteiger partial charge in [-0.05, 0) is 65.0 Å². The first-order chi connectivity index (χ1) is 10.2. The van der Waals surface area contributed by atoms with E-state index >= 15 is 0 Å². The normalized spacial score (nSPS) is 22.9. The number of hydrogen-bond acceptors (Lipinski definition) is 4. The van der Waals surface area contributed by atoms with Crippen LogP contribution in [-0.4, -0.2) is 35.9 Å². The van der Waals surface area contributed by atoms with Gasteiger partial charge in [-0.2, -0.15) is 0 Å². The molecule has 0 unspecified atom stereocenters. The molecule has 0 spiro atoms. The lowest BCUT2D eigenvalue weighted by Gasteiger charge is -2.32. The van der Waals surface area contributed by atoms with Crippen LogP contribution in [0.15, 0.2) is 6.07 Å². The fourth-order valence-corrected chi connectivity index (χ4v) is 2.68. The van der Waals surface area contributed by atoms with Crippen LogP contribution in [0.2, 0.25) is 0 Å². The van der Waals surface area contributed by atoms with Crippen molar-refractivity contribution in [2.75, 3.05) is 6.61 Å². The molecule has 1 aromatic rings. The second kappa shape index (κ2) is 5.13. The van der Waals surface area contributed by atoms with Gasteiger partial charge in [-0.3, -0.25) is 0 Å². The van der Waals surface area contributed by atoms with Gasteiger partial charge in [0, 0.05) is 5.59 Å². The van der Waals surface area contributed by atoms with Crippen LogP contribution < -0.4 is 5.59 Å². The average molecular weight is 305 g/mol. The van der Waals surface area contributed by atoms with Crippen molar-refractivity contribution in [2.45, 2.75) is 64.6 Å². The molecule has 0 amide bonds. The molecule has 1 aliphatic heterocycles. The first-order valence-corrected chi connectivity index (χ1v) is 8.00. The van der Waals surface area contributed by atoms with Gasteiger partial charge in [0.15, 0.2) is 0 Å². The molecule has 1 saturated heterocycles. The molecule has 5 nitrogen and oxygen atoms in total. The minimum atomic E-state index is -0.481. The lowest BCUT2D eigenvalue weighted by molar-refractivity contribution is 0.00578. The number of aromatic nitrogens is 1. The van der Waals surface area contributed by atoms with E-state index in [-0.39, 0.29) is 5.97 Å². The number of hydrogen-bond donors (Lipinski definition) is 1. The monoisotopic (exact) mass is 305 g/mol. The molecule has 2 aliphatic rings. The van der Waals surface area contributed by atoms with Crippen LogP contribution in [0.1, 0.15) is 69.4 Å². The summed E-state index contributed by atoms with van der Waals surface area (Å²) in [4.78, 5) is 15.3. The summed E-state index contributed by atoms with van der Waals surface area (Å²) in [5.74, 6) is 0.152. The lowest BCUT2D eigenvalue weighted by Crippen LogP contribution is -2.41. The molecule has 1 aliphatic carbocycles. The van der Waals surface area contributed by atoms with E-state index in [2.05, 4.69) is 4.98 Å². The van der Waals surface area contributed by atoms with Gasteiger partial charge < -0.3 is 19.0 Å². The highest BCUT2D eigenvalue weighted by Gasteiger charge is 2.52. The molecule has 120 valence electrons. The van der Waals surface area contributed by atoms with E-state index in [4.69, 9.17) is 14.0 Å². The molecule has 2 heterocycles. The maximum Gasteiger partial charge on any atom is 0.512 e. The van der Waals surface area contributed by atoms with Crippen LogP contribution in [0.5, 0.6) is 0 Å². The Bertz CT molecular complexity index is 573. The summed E-state index contributed by atoms with van der Waals surface area (Å²) in [5.41, 5.74) is 1.58. The van der Waals surface area contributed by atoms with Gasteiger partial charge in [-0.25, -0.2) is 4.79 Å². The van der Waals surface area contributed by atoms with Crippen LogP contribution in [0.25, 0.3) is 0 Å². The summed E-state index contributed by atoms with van der Waals surface area (Å²) in [6, 6.07) is 2.01. The van der Waals surface area contributed by atoms with Crippen LogP contribution in [0.4, 0.5) is 0 Å². The van der Waals surface area contributed by atoms with Crippen molar-refractivity contribution in [1.82, 2.24) is 4.98 Å². The Morgan fingerprint density at radius 2 is 1.91 bits per heavy atom. The van der Waals surface area contributed by atoms with E-state index < -0.39 is 18.3 Å². The number of nitrogens with one attached hydrogen (secondary N) is 1. The Hall–Kier alpha value is -1.27. The SMILES string of the molecule is CCOC(=O)c1[nH]c(B2OC(C)(C)C(C)(C)O2)cc1C1CC1. The van der Waals surface area contributed by atoms with Crippen molar-refractivity contribution < 1.29 is 18.8 Å². The Balaban J connectivity index is 1.89. The van der Waals surface area contributed by atoms with E-state index in [9.17, 15) is 4.79 Å². The van der Waals surface area contributed by atoms with E-state index in [1.807, 2.05) is 40.7 Å². The molecular formula is C16H24BNO4. The zero-order valence-corrected chi connectivity index (χ0v) is 14.0. The van der Waals surface area contributed by atoms with Crippen LogP contribution in [0, 0.1) is 0 Å². The van der Waals surface area contributed by atoms with Gasteiger partial charge in [-0.1, -0.05) is 0 Å². The van der Waals surface area contributed by atoms with E-state index in [1.165, 1.54) is 0 Å². The van der Waals surface area contributed by atoms with Gasteiger partial charge in [0.25, 0.3) is 0 Å². The molecule has 22 heavy (non-hydrogen) atoms. The summed E-state index contributed by atoms with van der Waals surface area (Å²) < 4.78 is 17.3. The van der Waals surface area contributed by atoms with Crippen LogP contribution in [0.3, 0.4) is 0 Å². The second-order valence-electron chi connectivity index (χ2n) is 7.14. The zero-order chi connectivity index (χ0) is 16.1. The smallest absolute Gasteiger partial charge is 0.461 e. The van der Waals surface area contributed by atoms with Crippen LogP contribution >= 0.6 is 0 Å². The van der Waals surface area contributed by atoms with Gasteiger partial charge in [0.05, 0.1) is 17.8 Å². The third-order valence-electron chi connectivity index (χ3n) is 4.87. The maximum atomic E-state index is 12.1. The summed E-state index contributed by atoms with van der Waals surface area (Å²) in [6.45, 7) is 10.3. The quantitative estimate of drug-likeness (QED) is 0.685. The molecule has 0 atom stereocenters. The van der Waals surface area contributed by atoms with E-state index in [0.717, 1.165) is 24.0 Å². The number of H-pyrrole nitrogens is 1. The van der Waals surface area contributed by atoms with Gasteiger partial charge in [0.1, 0.15) is 5.69 Å². The third kappa shape index (κ3) is 2.59. The second-order valence-corrected chi connectivity index (χ2v) is 7.14. The van der Waals surface area contributed by atoms with Crippen molar-refractivity contribution >= 4 is 18.7 Å². The third-order valence-corrected chi connectivity index (χ3v) is 4.87. The zero-order valence-electron chi connectivity index (χ0n) is 14.0. The van der Waals surface area contributed by atoms with Crippen molar-refractivity contribution in [3.8, 4) is 0 Å². The molecule has 0 bridgehead atoms. The maximum absolute atomic E-state index is 12.1. The molecule has 6 heteroatoms. The average Bonchev–Trinajstić information content (AvgIpc) is 3.11.